The molecule has 0 unspecified atom stereocenters. The van der Waals surface area contributed by atoms with Crippen molar-refractivity contribution < 1.29 is 44.3 Å². The molecular formula is C16H14F9N3O. The molecule has 0 bridgehead atoms. The molecule has 0 atom stereocenters. The fourth-order valence-corrected chi connectivity index (χ4v) is 1.82. The van der Waals surface area contributed by atoms with Crippen molar-refractivity contribution in [3.63, 3.8) is 0 Å². The number of halogens is 9. The molecule has 13 heteroatoms. The Morgan fingerprint density at radius 1 is 0.897 bits per heavy atom. The van der Waals surface area contributed by atoms with E-state index in [1.54, 1.807) is 6.92 Å². The summed E-state index contributed by atoms with van der Waals surface area (Å²) in [7, 11) is 0.935. The van der Waals surface area contributed by atoms with Crippen LogP contribution in [0.1, 0.15) is 12.5 Å². The zero-order chi connectivity index (χ0) is 22.8. The number of hydrogen-bond donors (Lipinski definition) is 1. The predicted molar refractivity (Wildman–Crippen MR) is 87.2 cm³/mol. The molecule has 0 aromatic heterocycles. The lowest BCUT2D eigenvalue weighted by Gasteiger charge is -2.32. The number of rotatable bonds is 7. The van der Waals surface area contributed by atoms with E-state index in [2.05, 4.69) is 15.5 Å². The molecule has 1 aromatic rings. The zero-order valence-corrected chi connectivity index (χ0v) is 15.0. The van der Waals surface area contributed by atoms with Gasteiger partial charge in [0.2, 0.25) is 0 Å². The summed E-state index contributed by atoms with van der Waals surface area (Å²) in [6, 6.07) is 5.74. The van der Waals surface area contributed by atoms with Crippen molar-refractivity contribution in [2.45, 2.75) is 37.8 Å². The number of hydrazone groups is 1. The number of Topliss-reactive ketones (excluding diaryl/α,β-unsaturated/α-hetero) is 1. The van der Waals surface area contributed by atoms with Crippen LogP contribution in [0.3, 0.4) is 0 Å². The van der Waals surface area contributed by atoms with E-state index in [0.29, 0.717) is 0 Å². The quantitative estimate of drug-likeness (QED) is 0.377. The Kier molecular flexibility index (Phi) is 6.77. The van der Waals surface area contributed by atoms with Crippen LogP contribution in [0.25, 0.3) is 0 Å². The lowest BCUT2D eigenvalue weighted by molar-refractivity contribution is -0.387. The van der Waals surface area contributed by atoms with Gasteiger partial charge in [-0.05, 0) is 26.0 Å². The molecule has 0 aliphatic rings. The van der Waals surface area contributed by atoms with Gasteiger partial charge in [0.1, 0.15) is 0 Å². The van der Waals surface area contributed by atoms with Crippen molar-refractivity contribution in [1.82, 2.24) is 0 Å². The van der Waals surface area contributed by atoms with Gasteiger partial charge in [-0.15, -0.1) is 0 Å². The molecule has 0 aliphatic carbocycles. The van der Waals surface area contributed by atoms with Crippen molar-refractivity contribution in [3.8, 4) is 0 Å². The molecule has 162 valence electrons. The molecule has 4 nitrogen and oxygen atoms in total. The summed E-state index contributed by atoms with van der Waals surface area (Å²) < 4.78 is 117. The van der Waals surface area contributed by atoms with Crippen LogP contribution < -0.4 is 5.43 Å². The summed E-state index contributed by atoms with van der Waals surface area (Å²) in [4.78, 5) is 15.2. The number of hydrogen-bond acceptors (Lipinski definition) is 4. The van der Waals surface area contributed by atoms with Gasteiger partial charge in [-0.3, -0.25) is 15.2 Å². The Bertz CT molecular complexity index is 812. The predicted octanol–water partition coefficient (Wildman–Crippen LogP) is 4.89. The standard InChI is InChI=1S/C16H14F9N3O/c1-8-4-6-10(7-5-8)27-28-11(9(2)26-3)12(29)13(17,18)14(19,20)15(21,22)16(23,24)25/h4-7,27H,1-3H3/b26-9?,28-11-. The Hall–Kier alpha value is -2.60. The second-order valence-electron chi connectivity index (χ2n) is 5.80. The highest BCUT2D eigenvalue weighted by atomic mass is 19.4. The molecule has 0 fully saturated rings. The Labute approximate surface area is 158 Å². The summed E-state index contributed by atoms with van der Waals surface area (Å²) in [5, 5.41) is 3.17. The lowest BCUT2D eigenvalue weighted by Crippen LogP contribution is -2.64. The van der Waals surface area contributed by atoms with Crippen molar-refractivity contribution in [2.24, 2.45) is 10.1 Å². The summed E-state index contributed by atoms with van der Waals surface area (Å²) in [6.45, 7) is 2.54. The third kappa shape index (κ3) is 4.53. The molecule has 0 saturated heterocycles. The number of alkyl halides is 9. The van der Waals surface area contributed by atoms with Gasteiger partial charge in [0.05, 0.1) is 11.4 Å². The van der Waals surface area contributed by atoms with Crippen molar-refractivity contribution in [2.75, 3.05) is 12.5 Å². The summed E-state index contributed by atoms with van der Waals surface area (Å²) in [6.07, 6.45) is -7.04. The third-order valence-corrected chi connectivity index (χ3v) is 3.67. The molecular weight excluding hydrogens is 421 g/mol. The molecule has 1 aromatic carbocycles. The number of carbonyl (C=O) groups excluding carboxylic acids is 1. The first-order chi connectivity index (χ1) is 13.0. The monoisotopic (exact) mass is 435 g/mol. The van der Waals surface area contributed by atoms with E-state index in [0.717, 1.165) is 19.5 Å². The SMILES string of the molecule is CN=C(C)/C(=N/Nc1ccc(C)cc1)C(=O)C(F)(F)C(F)(F)C(F)(F)C(F)(F)F. The van der Waals surface area contributed by atoms with Gasteiger partial charge >= 0.3 is 23.9 Å². The number of ketones is 1. The van der Waals surface area contributed by atoms with Crippen LogP contribution in [-0.2, 0) is 4.79 Å². The largest absolute Gasteiger partial charge is 0.460 e. The normalized spacial score (nSPS) is 14.8. The minimum Gasteiger partial charge on any atom is -0.291 e. The van der Waals surface area contributed by atoms with E-state index in [1.807, 2.05) is 0 Å². The van der Waals surface area contributed by atoms with Crippen molar-refractivity contribution in [3.05, 3.63) is 29.8 Å². The van der Waals surface area contributed by atoms with E-state index in [1.165, 1.54) is 24.3 Å². The first kappa shape index (κ1) is 24.4. The van der Waals surface area contributed by atoms with E-state index in [4.69, 9.17) is 0 Å². The molecule has 0 saturated carbocycles. The summed E-state index contributed by atoms with van der Waals surface area (Å²) in [5.74, 6) is -23.8. The van der Waals surface area contributed by atoms with Gasteiger partial charge in [0.25, 0.3) is 5.78 Å². The number of aryl methyl sites for hydroxylation is 1. The molecule has 0 spiro atoms. The minimum atomic E-state index is -7.19. The molecule has 29 heavy (non-hydrogen) atoms. The Morgan fingerprint density at radius 3 is 1.79 bits per heavy atom. The summed E-state index contributed by atoms with van der Waals surface area (Å²) in [5.41, 5.74) is 0.656. The van der Waals surface area contributed by atoms with E-state index in [-0.39, 0.29) is 5.69 Å². The maximum Gasteiger partial charge on any atom is 0.460 e. The van der Waals surface area contributed by atoms with E-state index >= 15 is 0 Å². The Balaban J connectivity index is 3.41. The second kappa shape index (κ2) is 8.03. The Morgan fingerprint density at radius 2 is 1.38 bits per heavy atom. The highest BCUT2D eigenvalue weighted by Crippen LogP contribution is 2.53. The first-order valence-electron chi connectivity index (χ1n) is 7.59. The van der Waals surface area contributed by atoms with E-state index in [9.17, 15) is 44.3 Å². The van der Waals surface area contributed by atoms with Gasteiger partial charge in [0, 0.05) is 7.05 Å². The number of carbonyl (C=O) groups is 1. The van der Waals surface area contributed by atoms with Crippen LogP contribution in [0.4, 0.5) is 45.2 Å². The first-order valence-corrected chi connectivity index (χ1v) is 7.59. The summed E-state index contributed by atoms with van der Waals surface area (Å²) >= 11 is 0. The topological polar surface area (TPSA) is 53.8 Å². The van der Waals surface area contributed by atoms with E-state index < -0.39 is 41.2 Å². The van der Waals surface area contributed by atoms with Gasteiger partial charge < -0.3 is 0 Å². The molecule has 0 amide bonds. The highest BCUT2D eigenvalue weighted by Gasteiger charge is 2.83. The van der Waals surface area contributed by atoms with Crippen LogP contribution >= 0.6 is 0 Å². The van der Waals surface area contributed by atoms with Gasteiger partial charge in [0.15, 0.2) is 5.71 Å². The maximum atomic E-state index is 13.9. The van der Waals surface area contributed by atoms with Crippen molar-refractivity contribution in [1.29, 1.82) is 0 Å². The molecule has 0 heterocycles. The van der Waals surface area contributed by atoms with Crippen molar-refractivity contribution >= 4 is 22.9 Å². The minimum absolute atomic E-state index is 0.0838. The van der Waals surface area contributed by atoms with Crippen LogP contribution in [0, 0.1) is 6.92 Å². The fraction of sp³-hybridized carbons (Fsp3) is 0.438. The van der Waals surface area contributed by atoms with Gasteiger partial charge in [-0.1, -0.05) is 17.7 Å². The fourth-order valence-electron chi connectivity index (χ4n) is 1.82. The number of nitrogens with one attached hydrogen (secondary N) is 1. The maximum absolute atomic E-state index is 13.9. The van der Waals surface area contributed by atoms with Gasteiger partial charge in [-0.25, -0.2) is 0 Å². The molecule has 1 N–H and O–H groups in total. The number of nitrogens with zero attached hydrogens (tertiary/aromatic N) is 2. The lowest BCUT2D eigenvalue weighted by atomic mass is 9.96. The number of benzene rings is 1. The molecule has 0 aliphatic heterocycles. The average Bonchev–Trinajstić information content (AvgIpc) is 2.61. The highest BCUT2D eigenvalue weighted by molar-refractivity contribution is 6.68. The van der Waals surface area contributed by atoms with Crippen LogP contribution in [-0.4, -0.2) is 48.2 Å². The number of anilines is 1. The average molecular weight is 435 g/mol. The second-order valence-corrected chi connectivity index (χ2v) is 5.80. The van der Waals surface area contributed by atoms with Crippen LogP contribution in [0.15, 0.2) is 34.4 Å². The third-order valence-electron chi connectivity index (χ3n) is 3.67. The molecule has 1 rings (SSSR count). The number of aliphatic imine (C=N–C) groups is 1. The van der Waals surface area contributed by atoms with Crippen LogP contribution in [0.5, 0.6) is 0 Å². The van der Waals surface area contributed by atoms with Crippen LogP contribution in [0.2, 0.25) is 0 Å². The van der Waals surface area contributed by atoms with Gasteiger partial charge in [-0.2, -0.15) is 44.6 Å². The zero-order valence-electron chi connectivity index (χ0n) is 15.0. The smallest absolute Gasteiger partial charge is 0.291 e. The molecule has 0 radical (unpaired) electrons.